The van der Waals surface area contributed by atoms with E-state index in [-0.39, 0.29) is 17.9 Å². The van der Waals surface area contributed by atoms with Crippen LogP contribution in [0.15, 0.2) is 54.6 Å². The molecule has 0 spiro atoms. The van der Waals surface area contributed by atoms with Crippen molar-refractivity contribution in [1.82, 2.24) is 9.80 Å². The first-order valence-electron chi connectivity index (χ1n) is 11.7. The number of ether oxygens (including phenoxy) is 3. The minimum absolute atomic E-state index is 0.0401. The van der Waals surface area contributed by atoms with Crippen LogP contribution in [-0.2, 0) is 9.47 Å². The molecule has 0 amide bonds. The van der Waals surface area contributed by atoms with Crippen molar-refractivity contribution in [3.05, 3.63) is 65.7 Å². The molecule has 172 valence electrons. The summed E-state index contributed by atoms with van der Waals surface area (Å²) in [6.45, 7) is 8.58. The van der Waals surface area contributed by atoms with Gasteiger partial charge in [-0.25, -0.2) is 0 Å². The minimum Gasteiger partial charge on any atom is -0.494 e. The van der Waals surface area contributed by atoms with Crippen LogP contribution in [0, 0.1) is 0 Å². The zero-order valence-electron chi connectivity index (χ0n) is 18.9. The van der Waals surface area contributed by atoms with Gasteiger partial charge in [-0.05, 0) is 36.2 Å². The maximum Gasteiger partial charge on any atom is 0.181 e. The SMILES string of the molecule is CCCOc1ccc(C(=O)[C@@H]([C@@H](c2ccccc2)N2CCOCC2)N2CCOCC2)cc1. The molecule has 2 aliphatic rings. The molecule has 2 saturated heterocycles. The molecule has 4 rings (SSSR count). The highest BCUT2D eigenvalue weighted by Gasteiger charge is 2.39. The van der Waals surface area contributed by atoms with Gasteiger partial charge in [0.05, 0.1) is 45.1 Å². The monoisotopic (exact) mass is 438 g/mol. The van der Waals surface area contributed by atoms with Gasteiger partial charge < -0.3 is 14.2 Å². The summed E-state index contributed by atoms with van der Waals surface area (Å²) < 4.78 is 17.0. The Morgan fingerprint density at radius 1 is 0.875 bits per heavy atom. The van der Waals surface area contributed by atoms with Gasteiger partial charge in [-0.15, -0.1) is 0 Å². The fraction of sp³-hybridized carbons (Fsp3) is 0.500. The third-order valence-electron chi connectivity index (χ3n) is 6.20. The van der Waals surface area contributed by atoms with Gasteiger partial charge in [-0.2, -0.15) is 0 Å². The number of nitrogens with zero attached hydrogens (tertiary/aromatic N) is 2. The number of ketones is 1. The van der Waals surface area contributed by atoms with E-state index in [0.29, 0.717) is 33.0 Å². The molecule has 0 saturated carbocycles. The van der Waals surface area contributed by atoms with Crippen LogP contribution in [0.25, 0.3) is 0 Å². The normalized spacial score (nSPS) is 19.9. The van der Waals surface area contributed by atoms with E-state index in [1.54, 1.807) is 0 Å². The summed E-state index contributed by atoms with van der Waals surface area (Å²) in [4.78, 5) is 18.8. The lowest BCUT2D eigenvalue weighted by Gasteiger charge is -2.44. The van der Waals surface area contributed by atoms with Gasteiger partial charge in [0, 0.05) is 31.7 Å². The Morgan fingerprint density at radius 2 is 1.47 bits per heavy atom. The first-order valence-corrected chi connectivity index (χ1v) is 11.7. The fourth-order valence-electron chi connectivity index (χ4n) is 4.57. The highest BCUT2D eigenvalue weighted by molar-refractivity contribution is 6.00. The van der Waals surface area contributed by atoms with Gasteiger partial charge in [0.15, 0.2) is 5.78 Å². The smallest absolute Gasteiger partial charge is 0.181 e. The Labute approximate surface area is 191 Å². The molecular formula is C26H34N2O4. The Kier molecular flexibility index (Phi) is 8.29. The topological polar surface area (TPSA) is 51.2 Å². The van der Waals surface area contributed by atoms with E-state index in [4.69, 9.17) is 14.2 Å². The average molecular weight is 439 g/mol. The van der Waals surface area contributed by atoms with E-state index in [9.17, 15) is 4.79 Å². The van der Waals surface area contributed by atoms with Crippen LogP contribution in [0.1, 0.15) is 35.3 Å². The Hall–Kier alpha value is -2.25. The number of rotatable bonds is 9. The summed E-state index contributed by atoms with van der Waals surface area (Å²) in [5.74, 6) is 0.952. The van der Waals surface area contributed by atoms with Crippen LogP contribution in [0.2, 0.25) is 0 Å². The summed E-state index contributed by atoms with van der Waals surface area (Å²) in [5, 5.41) is 0. The van der Waals surface area contributed by atoms with Crippen molar-refractivity contribution in [2.75, 3.05) is 59.2 Å². The van der Waals surface area contributed by atoms with Crippen LogP contribution < -0.4 is 4.74 Å². The molecule has 2 atom stereocenters. The molecule has 0 bridgehead atoms. The molecule has 0 unspecified atom stereocenters. The molecule has 6 heteroatoms. The van der Waals surface area contributed by atoms with Gasteiger partial charge in [0.1, 0.15) is 5.75 Å². The Bertz CT molecular complexity index is 831. The lowest BCUT2D eigenvalue weighted by molar-refractivity contribution is -0.0301. The quantitative estimate of drug-likeness (QED) is 0.559. The molecular weight excluding hydrogens is 404 g/mol. The van der Waals surface area contributed by atoms with Crippen molar-refractivity contribution < 1.29 is 19.0 Å². The van der Waals surface area contributed by atoms with E-state index in [2.05, 4.69) is 41.0 Å². The third kappa shape index (κ3) is 5.56. The van der Waals surface area contributed by atoms with Gasteiger partial charge in [-0.1, -0.05) is 37.3 Å². The van der Waals surface area contributed by atoms with E-state index in [1.165, 1.54) is 5.56 Å². The predicted octanol–water partition coefficient (Wildman–Crippen LogP) is 3.43. The molecule has 32 heavy (non-hydrogen) atoms. The highest BCUT2D eigenvalue weighted by atomic mass is 16.5. The lowest BCUT2D eigenvalue weighted by Crippen LogP contribution is -2.55. The number of benzene rings is 2. The molecule has 0 aromatic heterocycles. The van der Waals surface area contributed by atoms with E-state index in [0.717, 1.165) is 43.9 Å². The van der Waals surface area contributed by atoms with Gasteiger partial charge in [-0.3, -0.25) is 14.6 Å². The van der Waals surface area contributed by atoms with Crippen molar-refractivity contribution in [2.24, 2.45) is 0 Å². The molecule has 0 aliphatic carbocycles. The first kappa shape index (κ1) is 22.9. The largest absolute Gasteiger partial charge is 0.494 e. The first-order chi connectivity index (χ1) is 15.8. The van der Waals surface area contributed by atoms with Crippen LogP contribution in [0.5, 0.6) is 5.75 Å². The van der Waals surface area contributed by atoms with Crippen LogP contribution in [-0.4, -0.2) is 80.8 Å². The predicted molar refractivity (Wildman–Crippen MR) is 124 cm³/mol. The average Bonchev–Trinajstić information content (AvgIpc) is 2.87. The third-order valence-corrected chi connectivity index (χ3v) is 6.20. The second kappa shape index (κ2) is 11.6. The Morgan fingerprint density at radius 3 is 2.06 bits per heavy atom. The fourth-order valence-corrected chi connectivity index (χ4v) is 4.57. The summed E-state index contributed by atoms with van der Waals surface area (Å²) in [5.41, 5.74) is 1.89. The number of carbonyl (C=O) groups excluding carboxylic acids is 1. The Balaban J connectivity index is 1.68. The number of morpholine rings is 2. The summed E-state index contributed by atoms with van der Waals surface area (Å²) >= 11 is 0. The van der Waals surface area contributed by atoms with Gasteiger partial charge in [0.25, 0.3) is 0 Å². The van der Waals surface area contributed by atoms with Crippen LogP contribution in [0.3, 0.4) is 0 Å². The van der Waals surface area contributed by atoms with Crippen molar-refractivity contribution in [2.45, 2.75) is 25.4 Å². The molecule has 2 heterocycles. The molecule has 2 aromatic carbocycles. The summed E-state index contributed by atoms with van der Waals surface area (Å²) in [6, 6.07) is 17.7. The van der Waals surface area contributed by atoms with Crippen molar-refractivity contribution in [3.63, 3.8) is 0 Å². The minimum atomic E-state index is -0.290. The molecule has 2 fully saturated rings. The molecule has 6 nitrogen and oxygen atoms in total. The number of hydrogen-bond acceptors (Lipinski definition) is 6. The molecule has 0 N–H and O–H groups in total. The second-order valence-corrected chi connectivity index (χ2v) is 8.33. The maximum absolute atomic E-state index is 14.0. The highest BCUT2D eigenvalue weighted by Crippen LogP contribution is 2.32. The standard InChI is InChI=1S/C26H34N2O4/c1-2-16-32-23-10-8-22(9-11-23)26(29)25(28-14-19-31-20-15-28)24(21-6-4-3-5-7-21)27-12-17-30-18-13-27/h3-11,24-25H,2,12-20H2,1H3/t24-,25-/m1/s1. The van der Waals surface area contributed by atoms with Crippen molar-refractivity contribution in [1.29, 1.82) is 0 Å². The zero-order valence-corrected chi connectivity index (χ0v) is 18.9. The van der Waals surface area contributed by atoms with Crippen molar-refractivity contribution in [3.8, 4) is 5.75 Å². The summed E-state index contributed by atoms with van der Waals surface area (Å²) in [6.07, 6.45) is 0.956. The van der Waals surface area contributed by atoms with E-state index in [1.807, 2.05) is 30.3 Å². The van der Waals surface area contributed by atoms with E-state index >= 15 is 0 Å². The van der Waals surface area contributed by atoms with E-state index < -0.39 is 0 Å². The second-order valence-electron chi connectivity index (χ2n) is 8.33. The van der Waals surface area contributed by atoms with Gasteiger partial charge in [0.2, 0.25) is 0 Å². The number of carbonyl (C=O) groups is 1. The number of Topliss-reactive ketones (excluding diaryl/α,β-unsaturated/α-hetero) is 1. The molecule has 0 radical (unpaired) electrons. The molecule has 2 aliphatic heterocycles. The maximum atomic E-state index is 14.0. The van der Waals surface area contributed by atoms with Crippen LogP contribution >= 0.6 is 0 Å². The van der Waals surface area contributed by atoms with Gasteiger partial charge >= 0.3 is 0 Å². The van der Waals surface area contributed by atoms with Crippen LogP contribution in [0.4, 0.5) is 0 Å². The molecule has 2 aromatic rings. The van der Waals surface area contributed by atoms with Crippen molar-refractivity contribution >= 4 is 5.78 Å². The zero-order chi connectivity index (χ0) is 22.2. The summed E-state index contributed by atoms with van der Waals surface area (Å²) in [7, 11) is 0. The number of hydrogen-bond donors (Lipinski definition) is 0. The lowest BCUT2D eigenvalue weighted by atomic mass is 9.89.